The van der Waals surface area contributed by atoms with Gasteiger partial charge in [-0.25, -0.2) is 0 Å². The molecule has 2 N–H and O–H groups in total. The smallest absolute Gasteiger partial charge is 0.237 e. The topological polar surface area (TPSA) is 49.6 Å². The first-order valence-electron chi connectivity index (χ1n) is 5.25. The maximum absolute atomic E-state index is 11.2. The standard InChI is InChI=1S/C10H21N3O/c1-4-12-5-7-13(8-6-12)10(2,3)9(11)14/h4-8H2,1-3H3,(H2,11,14). The predicted octanol–water partition coefficient (Wildman–Crippen LogP) is -0.112. The number of likely N-dealkylation sites (N-methyl/N-ethyl adjacent to an activating group) is 1. The van der Waals surface area contributed by atoms with Crippen molar-refractivity contribution < 1.29 is 4.79 Å². The SMILES string of the molecule is CCN1CCN(C(C)(C)C(N)=O)CC1. The van der Waals surface area contributed by atoms with E-state index >= 15 is 0 Å². The van der Waals surface area contributed by atoms with Crippen LogP contribution in [0.3, 0.4) is 0 Å². The molecule has 0 saturated carbocycles. The first-order chi connectivity index (χ1) is 6.48. The summed E-state index contributed by atoms with van der Waals surface area (Å²) in [6.45, 7) is 11.0. The molecule has 82 valence electrons. The van der Waals surface area contributed by atoms with Crippen molar-refractivity contribution in [2.75, 3.05) is 32.7 Å². The number of nitrogens with two attached hydrogens (primary N) is 1. The lowest BCUT2D eigenvalue weighted by Gasteiger charge is -2.41. The van der Waals surface area contributed by atoms with Crippen molar-refractivity contribution in [1.82, 2.24) is 9.80 Å². The monoisotopic (exact) mass is 199 g/mol. The third-order valence-electron chi connectivity index (χ3n) is 3.21. The molecule has 0 aromatic heterocycles. The van der Waals surface area contributed by atoms with E-state index in [1.54, 1.807) is 0 Å². The van der Waals surface area contributed by atoms with Gasteiger partial charge in [0.25, 0.3) is 0 Å². The van der Waals surface area contributed by atoms with Gasteiger partial charge in [-0.3, -0.25) is 9.69 Å². The van der Waals surface area contributed by atoms with Crippen LogP contribution in [0.4, 0.5) is 0 Å². The van der Waals surface area contributed by atoms with Gasteiger partial charge in [0.2, 0.25) is 5.91 Å². The summed E-state index contributed by atoms with van der Waals surface area (Å²) in [6, 6.07) is 0. The Kier molecular flexibility index (Phi) is 3.50. The summed E-state index contributed by atoms with van der Waals surface area (Å²) in [5, 5.41) is 0. The zero-order valence-electron chi connectivity index (χ0n) is 9.42. The van der Waals surface area contributed by atoms with Crippen LogP contribution in [0.5, 0.6) is 0 Å². The van der Waals surface area contributed by atoms with Gasteiger partial charge in [-0.15, -0.1) is 0 Å². The number of hydrogen-bond donors (Lipinski definition) is 1. The number of piperazine rings is 1. The Morgan fingerprint density at radius 1 is 1.29 bits per heavy atom. The minimum atomic E-state index is -0.500. The second kappa shape index (κ2) is 4.28. The van der Waals surface area contributed by atoms with Gasteiger partial charge in [-0.05, 0) is 20.4 Å². The van der Waals surface area contributed by atoms with Crippen LogP contribution in [-0.2, 0) is 4.79 Å². The molecular formula is C10H21N3O. The molecular weight excluding hydrogens is 178 g/mol. The Morgan fingerprint density at radius 3 is 2.14 bits per heavy atom. The van der Waals surface area contributed by atoms with E-state index in [9.17, 15) is 4.79 Å². The van der Waals surface area contributed by atoms with E-state index in [1.165, 1.54) is 0 Å². The average Bonchev–Trinajstić information content (AvgIpc) is 2.17. The summed E-state index contributed by atoms with van der Waals surface area (Å²) in [5.74, 6) is -0.234. The molecule has 0 bridgehead atoms. The molecule has 0 unspecified atom stereocenters. The molecule has 0 aliphatic carbocycles. The Hall–Kier alpha value is -0.610. The van der Waals surface area contributed by atoms with Crippen LogP contribution in [0, 0.1) is 0 Å². The number of rotatable bonds is 3. The van der Waals surface area contributed by atoms with Crippen molar-refractivity contribution in [2.45, 2.75) is 26.3 Å². The summed E-state index contributed by atoms with van der Waals surface area (Å²) >= 11 is 0. The summed E-state index contributed by atoms with van der Waals surface area (Å²) in [6.07, 6.45) is 0. The van der Waals surface area contributed by atoms with E-state index in [2.05, 4.69) is 16.7 Å². The minimum absolute atomic E-state index is 0.234. The molecule has 0 radical (unpaired) electrons. The number of carbonyl (C=O) groups excluding carboxylic acids is 1. The van der Waals surface area contributed by atoms with Gasteiger partial charge in [0.1, 0.15) is 0 Å². The second-order valence-corrected chi connectivity index (χ2v) is 4.34. The van der Waals surface area contributed by atoms with Gasteiger partial charge in [0.15, 0.2) is 0 Å². The maximum Gasteiger partial charge on any atom is 0.237 e. The third-order valence-corrected chi connectivity index (χ3v) is 3.21. The van der Waals surface area contributed by atoms with Crippen molar-refractivity contribution in [3.63, 3.8) is 0 Å². The van der Waals surface area contributed by atoms with Gasteiger partial charge in [0, 0.05) is 26.2 Å². The molecule has 1 fully saturated rings. The minimum Gasteiger partial charge on any atom is -0.368 e. The van der Waals surface area contributed by atoms with E-state index in [0.717, 1.165) is 32.7 Å². The van der Waals surface area contributed by atoms with Crippen LogP contribution in [-0.4, -0.2) is 54.0 Å². The molecule has 1 amide bonds. The lowest BCUT2D eigenvalue weighted by Crippen LogP contribution is -2.59. The van der Waals surface area contributed by atoms with Crippen molar-refractivity contribution in [1.29, 1.82) is 0 Å². The number of hydrogen-bond acceptors (Lipinski definition) is 3. The van der Waals surface area contributed by atoms with Crippen LogP contribution in [0.1, 0.15) is 20.8 Å². The molecule has 1 saturated heterocycles. The Morgan fingerprint density at radius 2 is 1.79 bits per heavy atom. The summed E-state index contributed by atoms with van der Waals surface area (Å²) in [7, 11) is 0. The predicted molar refractivity (Wildman–Crippen MR) is 57.0 cm³/mol. The van der Waals surface area contributed by atoms with Crippen LogP contribution in [0.15, 0.2) is 0 Å². The van der Waals surface area contributed by atoms with Gasteiger partial charge < -0.3 is 10.6 Å². The molecule has 0 spiro atoms. The highest BCUT2D eigenvalue weighted by Gasteiger charge is 2.34. The number of primary amides is 1. The molecule has 0 atom stereocenters. The fourth-order valence-electron chi connectivity index (χ4n) is 1.78. The van der Waals surface area contributed by atoms with Crippen molar-refractivity contribution in [3.05, 3.63) is 0 Å². The highest BCUT2D eigenvalue weighted by molar-refractivity contribution is 5.83. The highest BCUT2D eigenvalue weighted by atomic mass is 16.1. The van der Waals surface area contributed by atoms with Crippen LogP contribution < -0.4 is 5.73 Å². The van der Waals surface area contributed by atoms with Crippen molar-refractivity contribution >= 4 is 5.91 Å². The third kappa shape index (κ3) is 2.25. The summed E-state index contributed by atoms with van der Waals surface area (Å²) in [5.41, 5.74) is 4.87. The van der Waals surface area contributed by atoms with Gasteiger partial charge >= 0.3 is 0 Å². The Balaban J connectivity index is 2.53. The maximum atomic E-state index is 11.2. The van der Waals surface area contributed by atoms with E-state index in [4.69, 9.17) is 5.73 Å². The molecule has 1 aliphatic heterocycles. The molecule has 14 heavy (non-hydrogen) atoms. The Bertz CT molecular complexity index is 207. The van der Waals surface area contributed by atoms with Crippen molar-refractivity contribution in [2.24, 2.45) is 5.73 Å². The van der Waals surface area contributed by atoms with Crippen LogP contribution >= 0.6 is 0 Å². The van der Waals surface area contributed by atoms with E-state index in [0.29, 0.717) is 0 Å². The quantitative estimate of drug-likeness (QED) is 0.690. The van der Waals surface area contributed by atoms with Gasteiger partial charge in [0.05, 0.1) is 5.54 Å². The van der Waals surface area contributed by atoms with Gasteiger partial charge in [-0.1, -0.05) is 6.92 Å². The zero-order valence-corrected chi connectivity index (χ0v) is 9.42. The largest absolute Gasteiger partial charge is 0.368 e. The first-order valence-corrected chi connectivity index (χ1v) is 5.25. The molecule has 0 aromatic carbocycles. The fraction of sp³-hybridized carbons (Fsp3) is 0.900. The van der Waals surface area contributed by atoms with Crippen LogP contribution in [0.2, 0.25) is 0 Å². The van der Waals surface area contributed by atoms with Gasteiger partial charge in [-0.2, -0.15) is 0 Å². The van der Waals surface area contributed by atoms with E-state index in [-0.39, 0.29) is 5.91 Å². The number of amides is 1. The lowest BCUT2D eigenvalue weighted by atomic mass is 10.0. The first kappa shape index (κ1) is 11.5. The normalized spacial score (nSPS) is 21.1. The lowest BCUT2D eigenvalue weighted by molar-refractivity contribution is -0.129. The summed E-state index contributed by atoms with van der Waals surface area (Å²) in [4.78, 5) is 15.8. The average molecular weight is 199 g/mol. The van der Waals surface area contributed by atoms with E-state index in [1.807, 2.05) is 13.8 Å². The van der Waals surface area contributed by atoms with E-state index < -0.39 is 5.54 Å². The molecule has 4 heteroatoms. The van der Waals surface area contributed by atoms with Crippen LogP contribution in [0.25, 0.3) is 0 Å². The number of nitrogens with zero attached hydrogens (tertiary/aromatic N) is 2. The fourth-order valence-corrected chi connectivity index (χ4v) is 1.78. The molecule has 1 rings (SSSR count). The van der Waals surface area contributed by atoms with Crippen molar-refractivity contribution in [3.8, 4) is 0 Å². The Labute approximate surface area is 86.0 Å². The zero-order chi connectivity index (χ0) is 10.8. The molecule has 4 nitrogen and oxygen atoms in total. The highest BCUT2D eigenvalue weighted by Crippen LogP contribution is 2.16. The summed E-state index contributed by atoms with van der Waals surface area (Å²) < 4.78 is 0. The molecule has 0 aromatic rings. The molecule has 1 aliphatic rings. The molecule has 1 heterocycles. The second-order valence-electron chi connectivity index (χ2n) is 4.34. The number of carbonyl (C=O) groups is 1.